The molecule has 1 aromatic carbocycles. The van der Waals surface area contributed by atoms with Crippen LogP contribution in [-0.2, 0) is 16.6 Å². The second kappa shape index (κ2) is 7.34. The van der Waals surface area contributed by atoms with Gasteiger partial charge in [-0.05, 0) is 85.4 Å². The minimum Gasteiger partial charge on any atom is -0.508 e. The summed E-state index contributed by atoms with van der Waals surface area (Å²) in [7, 11) is 4.13. The molecule has 1 N–H and O–H groups in total. The number of halogens is 1. The number of amides is 1. The number of hydrogen-bond donors (Lipinski definition) is 1. The molecule has 1 amide bonds. The zero-order valence-electron chi connectivity index (χ0n) is 18.3. The van der Waals surface area contributed by atoms with Crippen molar-refractivity contribution in [2.45, 2.75) is 49.3 Å². The summed E-state index contributed by atoms with van der Waals surface area (Å²) in [6, 6.07) is 6.17. The van der Waals surface area contributed by atoms with E-state index in [-0.39, 0.29) is 23.5 Å². The van der Waals surface area contributed by atoms with Crippen LogP contribution in [0.1, 0.15) is 35.3 Å². The fourth-order valence-corrected chi connectivity index (χ4v) is 8.31. The number of aromatic hydroxyl groups is 1. The molecule has 5 atom stereocenters. The molecule has 2 aromatic rings. The van der Waals surface area contributed by atoms with E-state index in [1.54, 1.807) is 23.5 Å². The molecule has 2 bridgehead atoms. The summed E-state index contributed by atoms with van der Waals surface area (Å²) in [5.41, 5.74) is 2.19. The zero-order valence-corrected chi connectivity index (χ0v) is 20.7. The molecule has 0 unspecified atom stereocenters. The van der Waals surface area contributed by atoms with Gasteiger partial charge in [-0.15, -0.1) is 11.3 Å². The predicted octanol–water partition coefficient (Wildman–Crippen LogP) is 4.43. The van der Waals surface area contributed by atoms with E-state index >= 15 is 0 Å². The summed E-state index contributed by atoms with van der Waals surface area (Å²) in [5, 5.41) is 12.7. The largest absolute Gasteiger partial charge is 0.508 e. The van der Waals surface area contributed by atoms with Crippen LogP contribution < -0.4 is 4.74 Å². The van der Waals surface area contributed by atoms with E-state index in [0.717, 1.165) is 52.9 Å². The number of rotatable bonds is 3. The first kappa shape index (κ1) is 20.8. The van der Waals surface area contributed by atoms with Gasteiger partial charge < -0.3 is 19.6 Å². The third kappa shape index (κ3) is 2.80. The fraction of sp³-hybridized carbons (Fsp3) is 0.480. The van der Waals surface area contributed by atoms with Crippen molar-refractivity contribution in [2.75, 3.05) is 20.6 Å². The first-order valence-corrected chi connectivity index (χ1v) is 13.0. The van der Waals surface area contributed by atoms with E-state index in [1.165, 1.54) is 5.56 Å². The number of likely N-dealkylation sites (N-methyl/N-ethyl adjacent to an activating group) is 2. The number of carbonyl (C=O) groups is 1. The number of ether oxygens (including phenoxy) is 1. The molecule has 1 aromatic heterocycles. The van der Waals surface area contributed by atoms with Crippen molar-refractivity contribution in [3.63, 3.8) is 0 Å². The van der Waals surface area contributed by atoms with E-state index in [0.29, 0.717) is 17.7 Å². The van der Waals surface area contributed by atoms with Crippen LogP contribution in [0.3, 0.4) is 0 Å². The van der Waals surface area contributed by atoms with Crippen molar-refractivity contribution in [3.05, 3.63) is 50.1 Å². The van der Waals surface area contributed by atoms with E-state index in [2.05, 4.69) is 27.9 Å². The van der Waals surface area contributed by atoms with Gasteiger partial charge in [0, 0.05) is 50.4 Å². The van der Waals surface area contributed by atoms with Gasteiger partial charge in [0.05, 0.1) is 6.04 Å². The minimum atomic E-state index is -0.112. The van der Waals surface area contributed by atoms with Crippen molar-refractivity contribution in [2.24, 2.45) is 5.92 Å². The highest BCUT2D eigenvalue weighted by atomic mass is 79.9. The highest BCUT2D eigenvalue weighted by Crippen LogP contribution is 2.63. The van der Waals surface area contributed by atoms with Gasteiger partial charge in [0.25, 0.3) is 0 Å². The molecular weight excluding hydrogens is 488 g/mol. The van der Waals surface area contributed by atoms with Gasteiger partial charge in [0.15, 0.2) is 0 Å². The standard InChI is InChI=1S/C25H27BrN2O3S/c1-27-10-9-25-17-4-5-18(28(2)22(30)8-3-15-11-14(26)13-32-15)24(25)31-21-7-6-20(29)16(23(21)25)12-19(17)27/h3,6-8,11,13,17-19,24,29H,4-5,9-10,12H2,1-2H3/b8-3+/t17-,18+,19+,24-,25-/m0/s1. The Morgan fingerprint density at radius 3 is 3.03 bits per heavy atom. The Labute approximate surface area is 200 Å². The molecule has 0 radical (unpaired) electrons. The molecule has 4 aliphatic rings. The van der Waals surface area contributed by atoms with E-state index in [9.17, 15) is 9.90 Å². The lowest BCUT2D eigenvalue weighted by Crippen LogP contribution is -2.68. The highest BCUT2D eigenvalue weighted by molar-refractivity contribution is 9.10. The molecule has 1 spiro atoms. The molecule has 32 heavy (non-hydrogen) atoms. The molecule has 3 heterocycles. The normalized spacial score (nSPS) is 32.6. The van der Waals surface area contributed by atoms with Gasteiger partial charge in [0.2, 0.25) is 5.91 Å². The van der Waals surface area contributed by atoms with E-state index in [1.807, 2.05) is 35.5 Å². The number of thiophene rings is 1. The van der Waals surface area contributed by atoms with Crippen LogP contribution in [0.15, 0.2) is 34.1 Å². The summed E-state index contributed by atoms with van der Waals surface area (Å²) >= 11 is 5.08. The third-order valence-electron chi connectivity index (χ3n) is 8.41. The second-order valence-corrected chi connectivity index (χ2v) is 11.6. The van der Waals surface area contributed by atoms with Gasteiger partial charge in [0.1, 0.15) is 17.6 Å². The van der Waals surface area contributed by atoms with E-state index < -0.39 is 0 Å². The van der Waals surface area contributed by atoms with Gasteiger partial charge in [-0.2, -0.15) is 0 Å². The van der Waals surface area contributed by atoms with Crippen molar-refractivity contribution < 1.29 is 14.6 Å². The maximum absolute atomic E-state index is 13.2. The average Bonchev–Trinajstić information content (AvgIpc) is 3.35. The van der Waals surface area contributed by atoms with Gasteiger partial charge in [-0.1, -0.05) is 0 Å². The number of benzene rings is 1. The summed E-state index contributed by atoms with van der Waals surface area (Å²) in [6.07, 6.45) is 7.42. The molecule has 168 valence electrons. The van der Waals surface area contributed by atoms with Gasteiger partial charge in [-0.3, -0.25) is 4.79 Å². The van der Waals surface area contributed by atoms with Crippen LogP contribution >= 0.6 is 27.3 Å². The molecule has 7 heteroatoms. The Bertz CT molecular complexity index is 1130. The lowest BCUT2D eigenvalue weighted by Gasteiger charge is -2.59. The number of likely N-dealkylation sites (tertiary alicyclic amines) is 1. The first-order chi connectivity index (χ1) is 15.4. The zero-order chi connectivity index (χ0) is 22.2. The summed E-state index contributed by atoms with van der Waals surface area (Å²) in [6.45, 7) is 1.02. The van der Waals surface area contributed by atoms with Gasteiger partial charge in [-0.25, -0.2) is 0 Å². The molecule has 2 aliphatic carbocycles. The molecule has 2 aliphatic heterocycles. The number of piperidine rings is 1. The quantitative estimate of drug-likeness (QED) is 0.615. The maximum Gasteiger partial charge on any atom is 0.246 e. The van der Waals surface area contributed by atoms with Crippen LogP contribution in [0.2, 0.25) is 0 Å². The van der Waals surface area contributed by atoms with Crippen molar-refractivity contribution in [3.8, 4) is 11.5 Å². The van der Waals surface area contributed by atoms with Crippen LogP contribution in [0.5, 0.6) is 11.5 Å². The lowest BCUT2D eigenvalue weighted by atomic mass is 9.51. The minimum absolute atomic E-state index is 0.0114. The van der Waals surface area contributed by atoms with Crippen molar-refractivity contribution in [1.82, 2.24) is 9.80 Å². The number of nitrogens with zero attached hydrogens (tertiary/aromatic N) is 2. The molecule has 5 nitrogen and oxygen atoms in total. The number of hydrogen-bond acceptors (Lipinski definition) is 5. The Morgan fingerprint density at radius 2 is 2.25 bits per heavy atom. The summed E-state index contributed by atoms with van der Waals surface area (Å²) < 4.78 is 7.70. The first-order valence-electron chi connectivity index (χ1n) is 11.3. The lowest BCUT2D eigenvalue weighted by molar-refractivity contribution is -0.134. The van der Waals surface area contributed by atoms with Crippen LogP contribution in [0.25, 0.3) is 6.08 Å². The Kier molecular flexibility index (Phi) is 4.76. The SMILES string of the molecule is CN1CC[C@@]23c4c5ccc(O)c4C[C@@H]1[C@@H]2CC[C@@H](N(C)C(=O)/C=C/c1cc(Br)cs1)[C@@H]3O5. The molecule has 1 saturated carbocycles. The van der Waals surface area contributed by atoms with Gasteiger partial charge >= 0.3 is 0 Å². The summed E-state index contributed by atoms with van der Waals surface area (Å²) in [5.74, 6) is 1.82. The van der Waals surface area contributed by atoms with Crippen molar-refractivity contribution >= 4 is 39.2 Å². The smallest absolute Gasteiger partial charge is 0.246 e. The summed E-state index contributed by atoms with van der Waals surface area (Å²) in [4.78, 5) is 18.6. The maximum atomic E-state index is 13.2. The highest BCUT2D eigenvalue weighted by Gasteiger charge is 2.66. The molecule has 2 fully saturated rings. The number of phenols is 1. The third-order valence-corrected chi connectivity index (χ3v) is 10.1. The number of carbonyl (C=O) groups excluding carboxylic acids is 1. The number of phenolic OH excluding ortho intramolecular Hbond substituents is 1. The van der Waals surface area contributed by atoms with E-state index in [4.69, 9.17) is 4.74 Å². The second-order valence-electron chi connectivity index (χ2n) is 9.72. The van der Waals surface area contributed by atoms with Crippen LogP contribution in [0, 0.1) is 5.92 Å². The molecule has 1 saturated heterocycles. The van der Waals surface area contributed by atoms with Crippen LogP contribution in [-0.4, -0.2) is 59.6 Å². The Morgan fingerprint density at radius 1 is 1.41 bits per heavy atom. The molecular formula is C25H27BrN2O3S. The Hall–Kier alpha value is -1.83. The predicted molar refractivity (Wildman–Crippen MR) is 129 cm³/mol. The fourth-order valence-electron chi connectivity index (χ4n) is 6.97. The topological polar surface area (TPSA) is 53.0 Å². The van der Waals surface area contributed by atoms with Crippen LogP contribution in [0.4, 0.5) is 0 Å². The average molecular weight is 515 g/mol. The Balaban J connectivity index is 1.36. The van der Waals surface area contributed by atoms with Crippen molar-refractivity contribution in [1.29, 1.82) is 0 Å². The molecule has 6 rings (SSSR count). The monoisotopic (exact) mass is 514 g/mol.